The predicted molar refractivity (Wildman–Crippen MR) is 83.6 cm³/mol. The van der Waals surface area contributed by atoms with E-state index in [0.29, 0.717) is 11.6 Å². The van der Waals surface area contributed by atoms with E-state index < -0.39 is 0 Å². The van der Waals surface area contributed by atoms with Crippen LogP contribution in [0.4, 0.5) is 5.82 Å². The standard InChI is InChI=1S/C15H12BrN3O/c1-20-13-5-3-2-4-10(13)15-18-12-7-6-9(16)8-11(12)14(17)19-15/h2-8H,1H3,(H2,17,18,19). The smallest absolute Gasteiger partial charge is 0.165 e. The van der Waals surface area contributed by atoms with Crippen molar-refractivity contribution in [3.8, 4) is 17.1 Å². The van der Waals surface area contributed by atoms with Crippen molar-refractivity contribution in [1.29, 1.82) is 0 Å². The van der Waals surface area contributed by atoms with Crippen LogP contribution in [0.15, 0.2) is 46.9 Å². The summed E-state index contributed by atoms with van der Waals surface area (Å²) < 4.78 is 6.29. The zero-order valence-corrected chi connectivity index (χ0v) is 12.4. The molecule has 0 unspecified atom stereocenters. The van der Waals surface area contributed by atoms with E-state index in [1.54, 1.807) is 7.11 Å². The number of methoxy groups -OCH3 is 1. The lowest BCUT2D eigenvalue weighted by atomic mass is 10.1. The molecule has 0 amide bonds. The number of hydrogen-bond acceptors (Lipinski definition) is 4. The molecule has 20 heavy (non-hydrogen) atoms. The van der Waals surface area contributed by atoms with Crippen LogP contribution < -0.4 is 10.5 Å². The molecule has 0 aliphatic carbocycles. The number of aromatic nitrogens is 2. The quantitative estimate of drug-likeness (QED) is 0.779. The maximum absolute atomic E-state index is 6.04. The third-order valence-corrected chi connectivity index (χ3v) is 3.53. The average Bonchev–Trinajstić information content (AvgIpc) is 2.47. The molecular formula is C15H12BrN3O. The number of ether oxygens (including phenoxy) is 1. The summed E-state index contributed by atoms with van der Waals surface area (Å²) in [5.41, 5.74) is 7.67. The van der Waals surface area contributed by atoms with Crippen LogP contribution in [0.3, 0.4) is 0 Å². The molecule has 3 aromatic rings. The molecule has 0 bridgehead atoms. The van der Waals surface area contributed by atoms with E-state index in [1.807, 2.05) is 42.5 Å². The number of nitrogens with two attached hydrogens (primary N) is 1. The Morgan fingerprint density at radius 1 is 1.10 bits per heavy atom. The molecule has 0 spiro atoms. The predicted octanol–water partition coefficient (Wildman–Crippen LogP) is 3.65. The van der Waals surface area contributed by atoms with Gasteiger partial charge < -0.3 is 10.5 Å². The molecule has 5 heteroatoms. The van der Waals surface area contributed by atoms with Crippen LogP contribution in [-0.4, -0.2) is 17.1 Å². The topological polar surface area (TPSA) is 61.0 Å². The van der Waals surface area contributed by atoms with Crippen molar-refractivity contribution in [2.24, 2.45) is 0 Å². The Balaban J connectivity index is 2.25. The number of benzene rings is 2. The summed E-state index contributed by atoms with van der Waals surface area (Å²) >= 11 is 3.42. The Morgan fingerprint density at radius 3 is 2.70 bits per heavy atom. The normalized spacial score (nSPS) is 10.7. The van der Waals surface area contributed by atoms with Gasteiger partial charge in [-0.2, -0.15) is 0 Å². The minimum Gasteiger partial charge on any atom is -0.496 e. The maximum atomic E-state index is 6.04. The molecule has 0 aliphatic heterocycles. The van der Waals surface area contributed by atoms with Gasteiger partial charge in [0, 0.05) is 9.86 Å². The van der Waals surface area contributed by atoms with Crippen molar-refractivity contribution < 1.29 is 4.74 Å². The van der Waals surface area contributed by atoms with E-state index in [2.05, 4.69) is 25.9 Å². The van der Waals surface area contributed by atoms with Crippen molar-refractivity contribution in [2.75, 3.05) is 12.8 Å². The monoisotopic (exact) mass is 329 g/mol. The molecule has 1 aromatic heterocycles. The van der Waals surface area contributed by atoms with Crippen LogP contribution in [0.5, 0.6) is 5.75 Å². The van der Waals surface area contributed by atoms with Gasteiger partial charge in [0.25, 0.3) is 0 Å². The Labute approximate surface area is 124 Å². The second-order valence-corrected chi connectivity index (χ2v) is 5.21. The van der Waals surface area contributed by atoms with Crippen molar-refractivity contribution in [3.63, 3.8) is 0 Å². The zero-order valence-electron chi connectivity index (χ0n) is 10.8. The zero-order chi connectivity index (χ0) is 14.1. The summed E-state index contributed by atoms with van der Waals surface area (Å²) in [6, 6.07) is 13.4. The van der Waals surface area contributed by atoms with Crippen molar-refractivity contribution in [2.45, 2.75) is 0 Å². The molecule has 0 radical (unpaired) electrons. The van der Waals surface area contributed by atoms with Crippen LogP contribution in [0.25, 0.3) is 22.3 Å². The number of hydrogen-bond donors (Lipinski definition) is 1. The van der Waals surface area contributed by atoms with Gasteiger partial charge in [0.05, 0.1) is 18.2 Å². The first-order valence-electron chi connectivity index (χ1n) is 6.05. The lowest BCUT2D eigenvalue weighted by Gasteiger charge is -2.09. The summed E-state index contributed by atoms with van der Waals surface area (Å²) in [5, 5.41) is 0.832. The highest BCUT2D eigenvalue weighted by Gasteiger charge is 2.11. The summed E-state index contributed by atoms with van der Waals surface area (Å²) in [7, 11) is 1.63. The van der Waals surface area contributed by atoms with Crippen molar-refractivity contribution in [3.05, 3.63) is 46.9 Å². The Morgan fingerprint density at radius 2 is 1.90 bits per heavy atom. The van der Waals surface area contributed by atoms with Crippen LogP contribution >= 0.6 is 15.9 Å². The summed E-state index contributed by atoms with van der Waals surface area (Å²) in [6.07, 6.45) is 0. The molecular weight excluding hydrogens is 318 g/mol. The Kier molecular flexibility index (Phi) is 3.28. The van der Waals surface area contributed by atoms with Gasteiger partial charge in [-0.3, -0.25) is 0 Å². The number of para-hydroxylation sites is 1. The third kappa shape index (κ3) is 2.20. The second kappa shape index (κ2) is 5.09. The third-order valence-electron chi connectivity index (χ3n) is 3.04. The van der Waals surface area contributed by atoms with Gasteiger partial charge in [-0.15, -0.1) is 0 Å². The fourth-order valence-corrected chi connectivity index (χ4v) is 2.44. The van der Waals surface area contributed by atoms with Crippen molar-refractivity contribution >= 4 is 32.7 Å². The first kappa shape index (κ1) is 12.9. The van der Waals surface area contributed by atoms with Crippen LogP contribution in [0.2, 0.25) is 0 Å². The average molecular weight is 330 g/mol. The minimum absolute atomic E-state index is 0.456. The molecule has 0 saturated carbocycles. The number of fused-ring (bicyclic) bond motifs is 1. The molecule has 1 heterocycles. The molecule has 2 N–H and O–H groups in total. The van der Waals surface area contributed by atoms with Gasteiger partial charge in [-0.05, 0) is 30.3 Å². The first-order chi connectivity index (χ1) is 9.69. The van der Waals surface area contributed by atoms with Gasteiger partial charge >= 0.3 is 0 Å². The van der Waals surface area contributed by atoms with Crippen LogP contribution in [-0.2, 0) is 0 Å². The number of anilines is 1. The van der Waals surface area contributed by atoms with Crippen LogP contribution in [0.1, 0.15) is 0 Å². The fraction of sp³-hybridized carbons (Fsp3) is 0.0667. The largest absolute Gasteiger partial charge is 0.496 e. The van der Waals surface area contributed by atoms with Gasteiger partial charge in [0.15, 0.2) is 5.82 Å². The van der Waals surface area contributed by atoms with E-state index in [9.17, 15) is 0 Å². The number of rotatable bonds is 2. The molecule has 2 aromatic carbocycles. The molecule has 0 atom stereocenters. The lowest BCUT2D eigenvalue weighted by molar-refractivity contribution is 0.416. The Hall–Kier alpha value is -2.14. The summed E-state index contributed by atoms with van der Waals surface area (Å²) in [4.78, 5) is 8.95. The number of nitrogens with zero attached hydrogens (tertiary/aromatic N) is 2. The molecule has 0 fully saturated rings. The molecule has 0 aliphatic rings. The van der Waals surface area contributed by atoms with E-state index in [-0.39, 0.29) is 0 Å². The second-order valence-electron chi connectivity index (χ2n) is 4.29. The van der Waals surface area contributed by atoms with Gasteiger partial charge in [0.1, 0.15) is 11.6 Å². The highest BCUT2D eigenvalue weighted by atomic mass is 79.9. The minimum atomic E-state index is 0.456. The first-order valence-corrected chi connectivity index (χ1v) is 6.84. The Bertz CT molecular complexity index is 789. The maximum Gasteiger partial charge on any atom is 0.165 e. The fourth-order valence-electron chi connectivity index (χ4n) is 2.07. The van der Waals surface area contributed by atoms with E-state index in [0.717, 1.165) is 26.7 Å². The van der Waals surface area contributed by atoms with Crippen LogP contribution in [0, 0.1) is 0 Å². The van der Waals surface area contributed by atoms with Gasteiger partial charge in [0.2, 0.25) is 0 Å². The highest BCUT2D eigenvalue weighted by molar-refractivity contribution is 9.10. The number of halogens is 1. The molecule has 0 saturated heterocycles. The van der Waals surface area contributed by atoms with Gasteiger partial charge in [-0.25, -0.2) is 9.97 Å². The summed E-state index contributed by atoms with van der Waals surface area (Å²) in [6.45, 7) is 0. The van der Waals surface area contributed by atoms with E-state index >= 15 is 0 Å². The highest BCUT2D eigenvalue weighted by Crippen LogP contribution is 2.30. The van der Waals surface area contributed by atoms with Gasteiger partial charge in [-0.1, -0.05) is 28.1 Å². The van der Waals surface area contributed by atoms with E-state index in [4.69, 9.17) is 10.5 Å². The molecule has 4 nitrogen and oxygen atoms in total. The molecule has 100 valence electrons. The number of nitrogen functional groups attached to an aromatic ring is 1. The SMILES string of the molecule is COc1ccccc1-c1nc(N)c2cc(Br)ccc2n1. The molecule has 3 rings (SSSR count). The lowest BCUT2D eigenvalue weighted by Crippen LogP contribution is -1.99. The van der Waals surface area contributed by atoms with Crippen molar-refractivity contribution in [1.82, 2.24) is 9.97 Å². The summed E-state index contributed by atoms with van der Waals surface area (Å²) in [5.74, 6) is 1.75. The van der Waals surface area contributed by atoms with E-state index in [1.165, 1.54) is 0 Å².